The Hall–Kier alpha value is -2.97. The third-order valence-corrected chi connectivity index (χ3v) is 4.71. The van der Waals surface area contributed by atoms with Crippen molar-refractivity contribution in [3.63, 3.8) is 0 Å². The number of halogens is 1. The summed E-state index contributed by atoms with van der Waals surface area (Å²) in [7, 11) is 1.50. The van der Waals surface area contributed by atoms with Crippen LogP contribution in [0.25, 0.3) is 0 Å². The van der Waals surface area contributed by atoms with Crippen molar-refractivity contribution in [1.82, 2.24) is 5.32 Å². The van der Waals surface area contributed by atoms with E-state index in [-0.39, 0.29) is 18.4 Å². The standard InChI is InChI=1S/C22H21ClN2O3/c1-28-20-12-9-17(23)15-19(20)22(27)24-13-4-5-16-7-10-18(11-8-16)25-14-3-2-6-21(25)26/h7-12,15H,2-3,6,13-14H2,1H3,(H,24,27). The van der Waals surface area contributed by atoms with Crippen LogP contribution in [-0.4, -0.2) is 32.0 Å². The summed E-state index contributed by atoms with van der Waals surface area (Å²) in [6, 6.07) is 12.4. The molecule has 0 spiro atoms. The van der Waals surface area contributed by atoms with Crippen molar-refractivity contribution in [2.75, 3.05) is 25.1 Å². The van der Waals surface area contributed by atoms with Gasteiger partial charge in [-0.1, -0.05) is 23.4 Å². The molecule has 0 aromatic heterocycles. The molecule has 1 heterocycles. The number of rotatable bonds is 4. The molecule has 0 radical (unpaired) electrons. The maximum atomic E-state index is 12.3. The van der Waals surface area contributed by atoms with E-state index in [2.05, 4.69) is 17.2 Å². The zero-order valence-electron chi connectivity index (χ0n) is 15.6. The van der Waals surface area contributed by atoms with Crippen LogP contribution in [0.2, 0.25) is 5.02 Å². The molecule has 2 aromatic carbocycles. The number of methoxy groups -OCH3 is 1. The van der Waals surface area contributed by atoms with Gasteiger partial charge in [0.15, 0.2) is 0 Å². The fourth-order valence-corrected chi connectivity index (χ4v) is 3.20. The molecular formula is C22H21ClN2O3. The topological polar surface area (TPSA) is 58.6 Å². The van der Waals surface area contributed by atoms with Crippen LogP contribution in [0.1, 0.15) is 35.2 Å². The van der Waals surface area contributed by atoms with Crippen LogP contribution in [-0.2, 0) is 4.79 Å². The molecule has 5 nitrogen and oxygen atoms in total. The summed E-state index contributed by atoms with van der Waals surface area (Å²) in [5.41, 5.74) is 2.09. The molecule has 1 saturated heterocycles. The summed E-state index contributed by atoms with van der Waals surface area (Å²) in [4.78, 5) is 26.1. The maximum Gasteiger partial charge on any atom is 0.255 e. The summed E-state index contributed by atoms with van der Waals surface area (Å²) in [6.07, 6.45) is 2.61. The minimum absolute atomic E-state index is 0.171. The molecule has 0 atom stereocenters. The van der Waals surface area contributed by atoms with Crippen LogP contribution in [0.15, 0.2) is 42.5 Å². The molecule has 0 unspecified atom stereocenters. The Balaban J connectivity index is 1.58. The first kappa shape index (κ1) is 19.8. The highest BCUT2D eigenvalue weighted by molar-refractivity contribution is 6.31. The monoisotopic (exact) mass is 396 g/mol. The number of piperidine rings is 1. The van der Waals surface area contributed by atoms with E-state index in [1.165, 1.54) is 7.11 Å². The Morgan fingerprint density at radius 3 is 2.71 bits per heavy atom. The first-order chi connectivity index (χ1) is 13.6. The Kier molecular flexibility index (Phi) is 6.57. The number of amides is 2. The number of anilines is 1. The summed E-state index contributed by atoms with van der Waals surface area (Å²) in [5.74, 6) is 6.26. The van der Waals surface area contributed by atoms with Crippen molar-refractivity contribution in [1.29, 1.82) is 0 Å². The Morgan fingerprint density at radius 2 is 2.00 bits per heavy atom. The second-order valence-electron chi connectivity index (χ2n) is 6.38. The fourth-order valence-electron chi connectivity index (χ4n) is 3.03. The lowest BCUT2D eigenvalue weighted by molar-refractivity contribution is -0.119. The highest BCUT2D eigenvalue weighted by atomic mass is 35.5. The lowest BCUT2D eigenvalue weighted by atomic mass is 10.1. The number of carbonyl (C=O) groups is 2. The molecular weight excluding hydrogens is 376 g/mol. The molecule has 0 bridgehead atoms. The van der Waals surface area contributed by atoms with Gasteiger partial charge >= 0.3 is 0 Å². The number of nitrogens with zero attached hydrogens (tertiary/aromatic N) is 1. The lowest BCUT2D eigenvalue weighted by Gasteiger charge is -2.26. The molecule has 6 heteroatoms. The summed E-state index contributed by atoms with van der Waals surface area (Å²) >= 11 is 5.95. The van der Waals surface area contributed by atoms with Gasteiger partial charge in [-0.2, -0.15) is 0 Å². The third-order valence-electron chi connectivity index (χ3n) is 4.48. The van der Waals surface area contributed by atoms with Gasteiger partial charge in [0.1, 0.15) is 5.75 Å². The van der Waals surface area contributed by atoms with Crippen molar-refractivity contribution in [2.45, 2.75) is 19.3 Å². The quantitative estimate of drug-likeness (QED) is 0.802. The van der Waals surface area contributed by atoms with Gasteiger partial charge in [-0.3, -0.25) is 9.59 Å². The van der Waals surface area contributed by atoms with Crippen molar-refractivity contribution in [3.8, 4) is 17.6 Å². The largest absolute Gasteiger partial charge is 0.496 e. The van der Waals surface area contributed by atoms with Crippen molar-refractivity contribution < 1.29 is 14.3 Å². The molecule has 3 rings (SSSR count). The van der Waals surface area contributed by atoms with E-state index < -0.39 is 0 Å². The van der Waals surface area contributed by atoms with Crippen LogP contribution in [0, 0.1) is 11.8 Å². The van der Waals surface area contributed by atoms with Crippen molar-refractivity contribution in [3.05, 3.63) is 58.6 Å². The fraction of sp³-hybridized carbons (Fsp3) is 0.273. The lowest BCUT2D eigenvalue weighted by Crippen LogP contribution is -2.35. The first-order valence-electron chi connectivity index (χ1n) is 9.09. The average Bonchev–Trinajstić information content (AvgIpc) is 2.72. The molecule has 28 heavy (non-hydrogen) atoms. The van der Waals surface area contributed by atoms with Gasteiger partial charge in [0, 0.05) is 29.2 Å². The number of benzene rings is 2. The van der Waals surface area contributed by atoms with E-state index in [1.807, 2.05) is 29.2 Å². The van der Waals surface area contributed by atoms with E-state index in [0.29, 0.717) is 22.8 Å². The molecule has 0 aliphatic carbocycles. The zero-order valence-corrected chi connectivity index (χ0v) is 16.4. The van der Waals surface area contributed by atoms with Crippen molar-refractivity contribution >= 4 is 29.1 Å². The highest BCUT2D eigenvalue weighted by Crippen LogP contribution is 2.22. The molecule has 144 valence electrons. The third kappa shape index (κ3) is 4.85. The summed E-state index contributed by atoms with van der Waals surface area (Å²) in [5, 5.41) is 3.20. The number of carbonyl (C=O) groups excluding carboxylic acids is 2. The maximum absolute atomic E-state index is 12.3. The van der Waals surface area contributed by atoms with Crippen LogP contribution in [0.4, 0.5) is 5.69 Å². The van der Waals surface area contributed by atoms with Gasteiger partial charge in [0.25, 0.3) is 5.91 Å². The van der Waals surface area contributed by atoms with Gasteiger partial charge in [0.05, 0.1) is 19.2 Å². The Morgan fingerprint density at radius 1 is 1.21 bits per heavy atom. The summed E-state index contributed by atoms with van der Waals surface area (Å²) in [6.45, 7) is 0.962. The van der Waals surface area contributed by atoms with E-state index in [0.717, 1.165) is 30.6 Å². The summed E-state index contributed by atoms with van der Waals surface area (Å²) < 4.78 is 5.18. The van der Waals surface area contributed by atoms with E-state index in [4.69, 9.17) is 16.3 Å². The van der Waals surface area contributed by atoms with Gasteiger partial charge in [0.2, 0.25) is 5.91 Å². The number of ether oxygens (including phenoxy) is 1. The Labute approximate surface area is 169 Å². The van der Waals surface area contributed by atoms with Crippen molar-refractivity contribution in [2.24, 2.45) is 0 Å². The predicted octanol–water partition coefficient (Wildman–Crippen LogP) is 3.65. The van der Waals surface area contributed by atoms with E-state index >= 15 is 0 Å². The zero-order chi connectivity index (χ0) is 19.9. The van der Waals surface area contributed by atoms with Gasteiger partial charge in [-0.25, -0.2) is 0 Å². The highest BCUT2D eigenvalue weighted by Gasteiger charge is 2.19. The number of hydrogen-bond acceptors (Lipinski definition) is 3. The van der Waals surface area contributed by atoms with Crippen LogP contribution in [0.5, 0.6) is 5.75 Å². The first-order valence-corrected chi connectivity index (χ1v) is 9.47. The molecule has 1 fully saturated rings. The normalized spacial score (nSPS) is 13.5. The predicted molar refractivity (Wildman–Crippen MR) is 110 cm³/mol. The molecule has 2 aromatic rings. The Bertz CT molecular complexity index is 929. The number of hydrogen-bond donors (Lipinski definition) is 1. The molecule has 0 saturated carbocycles. The number of nitrogens with one attached hydrogen (secondary N) is 1. The minimum atomic E-state index is -0.299. The van der Waals surface area contributed by atoms with Crippen LogP contribution in [0.3, 0.4) is 0 Å². The molecule has 2 amide bonds. The molecule has 1 aliphatic heterocycles. The van der Waals surface area contributed by atoms with Gasteiger partial charge < -0.3 is 15.0 Å². The SMILES string of the molecule is COc1ccc(Cl)cc1C(=O)NCC#Cc1ccc(N2CCCCC2=O)cc1. The van der Waals surface area contributed by atoms with E-state index in [9.17, 15) is 9.59 Å². The van der Waals surface area contributed by atoms with Crippen LogP contribution >= 0.6 is 11.6 Å². The molecule has 1 N–H and O–H groups in total. The van der Waals surface area contributed by atoms with E-state index in [1.54, 1.807) is 18.2 Å². The minimum Gasteiger partial charge on any atom is -0.496 e. The van der Waals surface area contributed by atoms with Gasteiger partial charge in [-0.15, -0.1) is 0 Å². The molecule has 1 aliphatic rings. The second kappa shape index (κ2) is 9.29. The smallest absolute Gasteiger partial charge is 0.255 e. The van der Waals surface area contributed by atoms with Crippen LogP contribution < -0.4 is 15.0 Å². The average molecular weight is 397 g/mol. The second-order valence-corrected chi connectivity index (χ2v) is 6.81. The van der Waals surface area contributed by atoms with Gasteiger partial charge in [-0.05, 0) is 55.3 Å².